The Kier molecular flexibility index (Phi) is 3.25. The number of fused-ring (bicyclic) bond motifs is 1. The highest BCUT2D eigenvalue weighted by atomic mass is 16.5. The Morgan fingerprint density at radius 3 is 2.32 bits per heavy atom. The molecule has 0 spiro atoms. The minimum Gasteiger partial charge on any atom is -0.425 e. The summed E-state index contributed by atoms with van der Waals surface area (Å²) in [5, 5.41) is 0. The maximum absolute atomic E-state index is 13.0. The van der Waals surface area contributed by atoms with Crippen molar-refractivity contribution in [3.8, 4) is 5.75 Å². The van der Waals surface area contributed by atoms with Crippen LogP contribution in [0.4, 0.5) is 0 Å². The van der Waals surface area contributed by atoms with Crippen molar-refractivity contribution < 1.29 is 9.53 Å². The smallest absolute Gasteiger partial charge is 0.326 e. The summed E-state index contributed by atoms with van der Waals surface area (Å²) in [5.41, 5.74) is 1.52. The van der Waals surface area contributed by atoms with Gasteiger partial charge in [0.1, 0.15) is 11.2 Å². The Hall–Kier alpha value is -2.09. The molecule has 2 heteroatoms. The van der Waals surface area contributed by atoms with E-state index < -0.39 is 5.41 Å². The van der Waals surface area contributed by atoms with Gasteiger partial charge in [0.05, 0.1) is 0 Å². The van der Waals surface area contributed by atoms with E-state index in [1.165, 1.54) is 19.3 Å². The molecule has 2 aromatic rings. The van der Waals surface area contributed by atoms with Gasteiger partial charge in [0.25, 0.3) is 0 Å². The molecule has 4 rings (SSSR count). The van der Waals surface area contributed by atoms with Gasteiger partial charge in [-0.25, -0.2) is 0 Å². The molecule has 0 saturated heterocycles. The summed E-state index contributed by atoms with van der Waals surface area (Å²) in [6.45, 7) is 0. The first-order valence-electron chi connectivity index (χ1n) is 8.21. The van der Waals surface area contributed by atoms with Crippen LogP contribution in [-0.2, 0) is 10.2 Å². The molecule has 2 aromatic carbocycles. The highest BCUT2D eigenvalue weighted by molar-refractivity contribution is 5.94. The number of rotatable bonds is 2. The Morgan fingerprint density at radius 2 is 1.55 bits per heavy atom. The van der Waals surface area contributed by atoms with E-state index in [2.05, 4.69) is 18.2 Å². The van der Waals surface area contributed by atoms with E-state index >= 15 is 0 Å². The van der Waals surface area contributed by atoms with Crippen LogP contribution in [0.1, 0.15) is 43.2 Å². The number of para-hydroxylation sites is 1. The van der Waals surface area contributed by atoms with Crippen LogP contribution in [0.2, 0.25) is 0 Å². The van der Waals surface area contributed by atoms with Crippen LogP contribution in [0.15, 0.2) is 54.6 Å². The van der Waals surface area contributed by atoms with E-state index in [0.717, 1.165) is 29.7 Å². The van der Waals surface area contributed by atoms with E-state index in [0.29, 0.717) is 5.92 Å². The Morgan fingerprint density at radius 1 is 0.864 bits per heavy atom. The molecule has 2 nitrogen and oxygen atoms in total. The molecule has 1 atom stereocenters. The van der Waals surface area contributed by atoms with E-state index in [-0.39, 0.29) is 5.97 Å². The van der Waals surface area contributed by atoms with Crippen molar-refractivity contribution in [2.45, 2.75) is 37.5 Å². The molecule has 0 radical (unpaired) electrons. The third-order valence-corrected chi connectivity index (χ3v) is 5.28. The molecule has 0 amide bonds. The van der Waals surface area contributed by atoms with Crippen molar-refractivity contribution in [3.63, 3.8) is 0 Å². The van der Waals surface area contributed by atoms with Crippen molar-refractivity contribution in [2.24, 2.45) is 5.92 Å². The summed E-state index contributed by atoms with van der Waals surface area (Å²) < 4.78 is 5.69. The predicted octanol–water partition coefficient (Wildman–Crippen LogP) is 4.47. The largest absolute Gasteiger partial charge is 0.425 e. The van der Waals surface area contributed by atoms with Gasteiger partial charge in [0, 0.05) is 5.56 Å². The highest BCUT2D eigenvalue weighted by Gasteiger charge is 2.55. The van der Waals surface area contributed by atoms with Crippen LogP contribution in [-0.4, -0.2) is 5.97 Å². The van der Waals surface area contributed by atoms with Gasteiger partial charge in [0.15, 0.2) is 0 Å². The average Bonchev–Trinajstić information content (AvgIpc) is 2.89. The van der Waals surface area contributed by atoms with Gasteiger partial charge in [-0.1, -0.05) is 67.8 Å². The second kappa shape index (κ2) is 5.28. The van der Waals surface area contributed by atoms with Crippen LogP contribution < -0.4 is 4.74 Å². The number of esters is 1. The Balaban J connectivity index is 1.95. The third-order valence-electron chi connectivity index (χ3n) is 5.28. The summed E-state index contributed by atoms with van der Waals surface area (Å²) in [6, 6.07) is 18.2. The lowest BCUT2D eigenvalue weighted by molar-refractivity contribution is -0.139. The summed E-state index contributed by atoms with van der Waals surface area (Å²) in [4.78, 5) is 13.0. The van der Waals surface area contributed by atoms with Crippen molar-refractivity contribution in [1.82, 2.24) is 0 Å². The monoisotopic (exact) mass is 292 g/mol. The van der Waals surface area contributed by atoms with Gasteiger partial charge >= 0.3 is 5.97 Å². The van der Waals surface area contributed by atoms with Gasteiger partial charge in [0.2, 0.25) is 0 Å². The van der Waals surface area contributed by atoms with Gasteiger partial charge in [-0.3, -0.25) is 4.79 Å². The first kappa shape index (κ1) is 13.6. The number of carbonyl (C=O) groups is 1. The van der Waals surface area contributed by atoms with Gasteiger partial charge < -0.3 is 4.74 Å². The van der Waals surface area contributed by atoms with Gasteiger partial charge in [-0.15, -0.1) is 0 Å². The zero-order valence-electron chi connectivity index (χ0n) is 12.6. The van der Waals surface area contributed by atoms with E-state index in [4.69, 9.17) is 4.74 Å². The topological polar surface area (TPSA) is 26.3 Å². The highest BCUT2D eigenvalue weighted by Crippen LogP contribution is 2.52. The predicted molar refractivity (Wildman–Crippen MR) is 85.9 cm³/mol. The normalized spacial score (nSPS) is 24.8. The van der Waals surface area contributed by atoms with Crippen LogP contribution in [0, 0.1) is 5.92 Å². The maximum atomic E-state index is 13.0. The number of benzene rings is 2. The standard InChI is InChI=1S/C20H20O2/c21-19-20(15-9-3-1-4-10-15,16-11-5-2-6-12-16)17-13-7-8-14-18(17)22-19/h1,3-4,7-10,13-14,16H,2,5-6,11-12H2. The zero-order chi connectivity index (χ0) is 15.0. The molecule has 2 aliphatic rings. The fraction of sp³-hybridized carbons (Fsp3) is 0.350. The Bertz CT molecular complexity index is 686. The second-order valence-corrected chi connectivity index (χ2v) is 6.39. The van der Waals surface area contributed by atoms with Crippen molar-refractivity contribution in [3.05, 3.63) is 65.7 Å². The molecule has 1 heterocycles. The fourth-order valence-corrected chi connectivity index (χ4v) is 4.30. The lowest BCUT2D eigenvalue weighted by atomic mass is 9.62. The molecule has 22 heavy (non-hydrogen) atoms. The molecule has 0 bridgehead atoms. The number of hydrogen-bond donors (Lipinski definition) is 0. The SMILES string of the molecule is O=C1Oc2ccccc2C1(c1ccccc1)C1CCCCC1. The molecule has 1 aliphatic heterocycles. The van der Waals surface area contributed by atoms with Crippen LogP contribution in [0.5, 0.6) is 5.75 Å². The third kappa shape index (κ3) is 1.83. The molecule has 1 saturated carbocycles. The molecule has 0 aromatic heterocycles. The minimum absolute atomic E-state index is 0.0909. The number of hydrogen-bond acceptors (Lipinski definition) is 2. The first-order valence-corrected chi connectivity index (χ1v) is 8.21. The van der Waals surface area contributed by atoms with Crippen LogP contribution in [0.25, 0.3) is 0 Å². The molecule has 1 fully saturated rings. The molecule has 1 unspecified atom stereocenters. The molecule has 0 N–H and O–H groups in total. The lowest BCUT2D eigenvalue weighted by Gasteiger charge is -2.37. The molecular weight excluding hydrogens is 272 g/mol. The average molecular weight is 292 g/mol. The number of ether oxygens (including phenoxy) is 1. The van der Waals surface area contributed by atoms with E-state index in [1.807, 2.05) is 36.4 Å². The molecular formula is C20H20O2. The van der Waals surface area contributed by atoms with Crippen molar-refractivity contribution >= 4 is 5.97 Å². The van der Waals surface area contributed by atoms with Crippen LogP contribution >= 0.6 is 0 Å². The minimum atomic E-state index is -0.613. The lowest BCUT2D eigenvalue weighted by Crippen LogP contribution is -2.43. The quantitative estimate of drug-likeness (QED) is 0.603. The Labute approximate surface area is 131 Å². The first-order chi connectivity index (χ1) is 10.8. The second-order valence-electron chi connectivity index (χ2n) is 6.39. The van der Waals surface area contributed by atoms with E-state index in [9.17, 15) is 4.79 Å². The summed E-state index contributed by atoms with van der Waals surface area (Å²) >= 11 is 0. The van der Waals surface area contributed by atoms with Gasteiger partial charge in [-0.2, -0.15) is 0 Å². The van der Waals surface area contributed by atoms with Gasteiger partial charge in [-0.05, 0) is 30.4 Å². The van der Waals surface area contributed by atoms with E-state index in [1.54, 1.807) is 0 Å². The molecule has 112 valence electrons. The van der Waals surface area contributed by atoms with Crippen LogP contribution in [0.3, 0.4) is 0 Å². The number of carbonyl (C=O) groups excluding carboxylic acids is 1. The summed E-state index contributed by atoms with van der Waals surface area (Å²) in [6.07, 6.45) is 5.87. The van der Waals surface area contributed by atoms with Crippen molar-refractivity contribution in [1.29, 1.82) is 0 Å². The fourth-order valence-electron chi connectivity index (χ4n) is 4.30. The van der Waals surface area contributed by atoms with Crippen molar-refractivity contribution in [2.75, 3.05) is 0 Å². The summed E-state index contributed by atoms with van der Waals surface area (Å²) in [7, 11) is 0. The zero-order valence-corrected chi connectivity index (χ0v) is 12.6. The molecule has 1 aliphatic carbocycles. The summed E-state index contributed by atoms with van der Waals surface area (Å²) in [5.74, 6) is 0.980. The maximum Gasteiger partial charge on any atom is 0.326 e.